The van der Waals surface area contributed by atoms with E-state index in [1.165, 1.54) is 22.9 Å². The van der Waals surface area contributed by atoms with Gasteiger partial charge in [-0.15, -0.1) is 10.2 Å². The number of carbonyl (C=O) groups excluding carboxylic acids is 2. The van der Waals surface area contributed by atoms with Gasteiger partial charge in [-0.3, -0.25) is 14.2 Å². The van der Waals surface area contributed by atoms with E-state index in [2.05, 4.69) is 42.2 Å². The number of aromatic nitrogens is 3. The predicted molar refractivity (Wildman–Crippen MR) is 126 cm³/mol. The number of amides is 2. The number of piperazine rings is 1. The lowest BCUT2D eigenvalue weighted by Gasteiger charge is -2.34. The second-order valence-corrected chi connectivity index (χ2v) is 8.89. The van der Waals surface area contributed by atoms with E-state index in [0.717, 1.165) is 17.1 Å². The number of carbonyl (C=O) groups is 2. The van der Waals surface area contributed by atoms with Crippen LogP contribution in [0.15, 0.2) is 53.7 Å². The summed E-state index contributed by atoms with van der Waals surface area (Å²) in [6.45, 7) is 8.05. The molecule has 0 N–H and O–H groups in total. The molecule has 0 saturated carbocycles. The van der Waals surface area contributed by atoms with Crippen LogP contribution in [-0.4, -0.2) is 68.3 Å². The van der Waals surface area contributed by atoms with Crippen LogP contribution in [-0.2, 0) is 9.59 Å². The molecule has 32 heavy (non-hydrogen) atoms. The van der Waals surface area contributed by atoms with E-state index in [-0.39, 0.29) is 17.6 Å². The molecule has 1 aliphatic rings. The second kappa shape index (κ2) is 9.56. The van der Waals surface area contributed by atoms with Crippen molar-refractivity contribution in [3.05, 3.63) is 59.7 Å². The Morgan fingerprint density at radius 1 is 0.906 bits per heavy atom. The van der Waals surface area contributed by atoms with Gasteiger partial charge in [-0.05, 0) is 37.1 Å². The van der Waals surface area contributed by atoms with E-state index in [1.54, 1.807) is 11.8 Å². The van der Waals surface area contributed by atoms with E-state index < -0.39 is 0 Å². The summed E-state index contributed by atoms with van der Waals surface area (Å²) in [6, 6.07) is 16.2. The monoisotopic (exact) mass is 449 g/mol. The van der Waals surface area contributed by atoms with Crippen molar-refractivity contribution in [3.63, 3.8) is 0 Å². The molecule has 2 amide bonds. The Balaban J connectivity index is 1.56. The first kappa shape index (κ1) is 22.1. The van der Waals surface area contributed by atoms with Gasteiger partial charge in [-0.25, -0.2) is 0 Å². The first-order valence-electron chi connectivity index (χ1n) is 10.7. The van der Waals surface area contributed by atoms with E-state index in [4.69, 9.17) is 0 Å². The van der Waals surface area contributed by atoms with Gasteiger partial charge in [-0.2, -0.15) is 0 Å². The Morgan fingerprint density at radius 2 is 1.59 bits per heavy atom. The van der Waals surface area contributed by atoms with Crippen molar-refractivity contribution in [2.75, 3.05) is 31.9 Å². The fourth-order valence-electron chi connectivity index (χ4n) is 3.72. The van der Waals surface area contributed by atoms with Crippen molar-refractivity contribution in [2.45, 2.75) is 25.9 Å². The third-order valence-electron chi connectivity index (χ3n) is 5.82. The van der Waals surface area contributed by atoms with Gasteiger partial charge >= 0.3 is 0 Å². The third-order valence-corrected chi connectivity index (χ3v) is 6.73. The van der Waals surface area contributed by atoms with E-state index in [9.17, 15) is 9.59 Å². The maximum absolute atomic E-state index is 12.8. The molecular formula is C24H27N5O2S. The van der Waals surface area contributed by atoms with Crippen molar-refractivity contribution < 1.29 is 9.59 Å². The molecule has 0 bridgehead atoms. The molecule has 8 heteroatoms. The highest BCUT2D eigenvalue weighted by molar-refractivity contribution is 7.99. The molecule has 0 atom stereocenters. The summed E-state index contributed by atoms with van der Waals surface area (Å²) in [5, 5.41) is 9.57. The molecule has 0 radical (unpaired) electrons. The zero-order valence-corrected chi connectivity index (χ0v) is 19.4. The van der Waals surface area contributed by atoms with Crippen LogP contribution in [0.4, 0.5) is 0 Å². The lowest BCUT2D eigenvalue weighted by Crippen LogP contribution is -2.50. The Bertz CT molecular complexity index is 1120. The van der Waals surface area contributed by atoms with Gasteiger partial charge in [0, 0.05) is 38.7 Å². The minimum atomic E-state index is 0.0501. The number of nitrogens with zero attached hydrogens (tertiary/aromatic N) is 5. The normalized spacial score (nSPS) is 14.0. The molecule has 4 rings (SSSR count). The maximum atomic E-state index is 12.8. The summed E-state index contributed by atoms with van der Waals surface area (Å²) in [7, 11) is 0. The minimum absolute atomic E-state index is 0.0501. The zero-order chi connectivity index (χ0) is 22.7. The summed E-state index contributed by atoms with van der Waals surface area (Å²) in [5.41, 5.74) is 4.35. The fourth-order valence-corrected chi connectivity index (χ4v) is 4.58. The SMILES string of the molecule is CC(=O)N1CCN(C(=O)CSc2nnc(-c3ccccc3)n2-c2ccc(C)c(C)c2)CC1. The molecule has 1 fully saturated rings. The largest absolute Gasteiger partial charge is 0.339 e. The van der Waals surface area contributed by atoms with Crippen LogP contribution in [0.5, 0.6) is 0 Å². The Kier molecular flexibility index (Phi) is 6.60. The van der Waals surface area contributed by atoms with Gasteiger partial charge in [0.15, 0.2) is 11.0 Å². The molecule has 2 heterocycles. The molecule has 7 nitrogen and oxygen atoms in total. The molecule has 0 unspecified atom stereocenters. The van der Waals surface area contributed by atoms with Crippen molar-refractivity contribution >= 4 is 23.6 Å². The third kappa shape index (κ3) is 4.70. The number of aryl methyl sites for hydroxylation is 2. The van der Waals surface area contributed by atoms with E-state index >= 15 is 0 Å². The molecule has 1 aromatic heterocycles. The zero-order valence-electron chi connectivity index (χ0n) is 18.6. The minimum Gasteiger partial charge on any atom is -0.339 e. The van der Waals surface area contributed by atoms with Crippen molar-refractivity contribution in [1.82, 2.24) is 24.6 Å². The summed E-state index contributed by atoms with van der Waals surface area (Å²) < 4.78 is 2.02. The van der Waals surface area contributed by atoms with Crippen LogP contribution < -0.4 is 0 Å². The number of thioether (sulfide) groups is 1. The highest BCUT2D eigenvalue weighted by Crippen LogP contribution is 2.29. The van der Waals surface area contributed by atoms with Crippen LogP contribution in [0.2, 0.25) is 0 Å². The van der Waals surface area contributed by atoms with Gasteiger partial charge < -0.3 is 9.80 Å². The molecule has 0 aliphatic carbocycles. The molecule has 1 aliphatic heterocycles. The predicted octanol–water partition coefficient (Wildman–Crippen LogP) is 3.33. The Morgan fingerprint density at radius 3 is 2.25 bits per heavy atom. The average molecular weight is 450 g/mol. The van der Waals surface area contributed by atoms with Crippen LogP contribution in [0.3, 0.4) is 0 Å². The number of hydrogen-bond donors (Lipinski definition) is 0. The highest BCUT2D eigenvalue weighted by atomic mass is 32.2. The Hall–Kier alpha value is -3.13. The van der Waals surface area contributed by atoms with E-state index in [0.29, 0.717) is 31.3 Å². The van der Waals surface area contributed by atoms with Crippen LogP contribution in [0.1, 0.15) is 18.1 Å². The quantitative estimate of drug-likeness (QED) is 0.559. The lowest BCUT2D eigenvalue weighted by atomic mass is 10.1. The van der Waals surface area contributed by atoms with Gasteiger partial charge in [0.25, 0.3) is 0 Å². The number of benzene rings is 2. The fraction of sp³-hybridized carbons (Fsp3) is 0.333. The molecule has 166 valence electrons. The van der Waals surface area contributed by atoms with Gasteiger partial charge in [0.1, 0.15) is 0 Å². The topological polar surface area (TPSA) is 71.3 Å². The van der Waals surface area contributed by atoms with Crippen LogP contribution >= 0.6 is 11.8 Å². The van der Waals surface area contributed by atoms with Gasteiger partial charge in [0.2, 0.25) is 11.8 Å². The maximum Gasteiger partial charge on any atom is 0.233 e. The number of rotatable bonds is 5. The Labute approximate surface area is 192 Å². The highest BCUT2D eigenvalue weighted by Gasteiger charge is 2.24. The summed E-state index contributed by atoms with van der Waals surface area (Å²) in [4.78, 5) is 27.9. The van der Waals surface area contributed by atoms with Crippen molar-refractivity contribution in [3.8, 4) is 17.1 Å². The molecule has 0 spiro atoms. The van der Waals surface area contributed by atoms with Crippen LogP contribution in [0.25, 0.3) is 17.1 Å². The standard InChI is InChI=1S/C24H27N5O2S/c1-17-9-10-21(15-18(17)2)29-23(20-7-5-4-6-8-20)25-26-24(29)32-16-22(31)28-13-11-27(12-14-28)19(3)30/h4-10,15H,11-14,16H2,1-3H3. The summed E-state index contributed by atoms with van der Waals surface area (Å²) in [5.74, 6) is 1.13. The van der Waals surface area contributed by atoms with Crippen molar-refractivity contribution in [1.29, 1.82) is 0 Å². The van der Waals surface area contributed by atoms with E-state index in [1.807, 2.05) is 39.8 Å². The second-order valence-electron chi connectivity index (χ2n) is 7.95. The molecule has 1 saturated heterocycles. The van der Waals surface area contributed by atoms with Gasteiger partial charge in [0.05, 0.1) is 11.4 Å². The van der Waals surface area contributed by atoms with Gasteiger partial charge in [-0.1, -0.05) is 48.2 Å². The molecule has 3 aromatic rings. The average Bonchev–Trinajstić information content (AvgIpc) is 3.24. The lowest BCUT2D eigenvalue weighted by molar-refractivity contribution is -0.136. The first-order chi connectivity index (χ1) is 15.4. The molecular weight excluding hydrogens is 422 g/mol. The number of hydrogen-bond acceptors (Lipinski definition) is 5. The summed E-state index contributed by atoms with van der Waals surface area (Å²) in [6.07, 6.45) is 0. The summed E-state index contributed by atoms with van der Waals surface area (Å²) >= 11 is 1.39. The molecule has 2 aromatic carbocycles. The smallest absolute Gasteiger partial charge is 0.233 e. The van der Waals surface area contributed by atoms with Crippen molar-refractivity contribution in [2.24, 2.45) is 0 Å². The first-order valence-corrected chi connectivity index (χ1v) is 11.7. The van der Waals surface area contributed by atoms with Crippen LogP contribution in [0, 0.1) is 13.8 Å².